The van der Waals surface area contributed by atoms with Crippen molar-refractivity contribution in [3.8, 4) is 5.75 Å². The Balaban J connectivity index is 1.24. The molecule has 0 aromatic heterocycles. The molecule has 0 unspecified atom stereocenters. The predicted octanol–water partition coefficient (Wildman–Crippen LogP) is 3.59. The Kier molecular flexibility index (Phi) is 7.67. The Bertz CT molecular complexity index is 670. The Labute approximate surface area is 169 Å². The third kappa shape index (κ3) is 6.90. The molecule has 0 radical (unpaired) electrons. The third-order valence-corrected chi connectivity index (χ3v) is 5.74. The van der Waals surface area contributed by atoms with Gasteiger partial charge in [-0.25, -0.2) is 4.79 Å². The molecule has 3 amide bonds. The predicted molar refractivity (Wildman–Crippen MR) is 108 cm³/mol. The van der Waals surface area contributed by atoms with Crippen molar-refractivity contribution in [3.05, 3.63) is 28.8 Å². The normalized spacial score (nSPS) is 16.7. The van der Waals surface area contributed by atoms with E-state index in [0.717, 1.165) is 49.5 Å². The monoisotopic (exact) mass is 411 g/mol. The van der Waals surface area contributed by atoms with Gasteiger partial charge < -0.3 is 9.64 Å². The molecule has 6 nitrogen and oxygen atoms in total. The molecular formula is C19H26ClN3O3S. The van der Waals surface area contributed by atoms with Gasteiger partial charge in [0.25, 0.3) is 0 Å². The zero-order valence-corrected chi connectivity index (χ0v) is 16.9. The topological polar surface area (TPSA) is 70.7 Å². The summed E-state index contributed by atoms with van der Waals surface area (Å²) in [6.07, 6.45) is 5.54. The summed E-state index contributed by atoms with van der Waals surface area (Å²) >= 11 is 7.90. The number of imide groups is 1. The molecule has 1 saturated carbocycles. The lowest BCUT2D eigenvalue weighted by atomic mass is 10.2. The number of hydrogen-bond acceptors (Lipinski definition) is 5. The number of carbonyl (C=O) groups excluding carboxylic acids is 2. The minimum absolute atomic E-state index is 0.197. The lowest BCUT2D eigenvalue weighted by Gasteiger charge is -2.12. The molecule has 1 aromatic carbocycles. The molecule has 0 bridgehead atoms. The van der Waals surface area contributed by atoms with Gasteiger partial charge in [-0.2, -0.15) is 0 Å². The molecular weight excluding hydrogens is 386 g/mol. The van der Waals surface area contributed by atoms with Gasteiger partial charge in [-0.05, 0) is 49.3 Å². The average Bonchev–Trinajstić information content (AvgIpc) is 3.41. The first kappa shape index (κ1) is 20.3. The summed E-state index contributed by atoms with van der Waals surface area (Å²) < 4.78 is 9.18. The maximum absolute atomic E-state index is 11.4. The van der Waals surface area contributed by atoms with Gasteiger partial charge in [0.15, 0.2) is 0 Å². The van der Waals surface area contributed by atoms with Gasteiger partial charge in [-0.3, -0.25) is 14.8 Å². The Morgan fingerprint density at radius 1 is 1.26 bits per heavy atom. The van der Waals surface area contributed by atoms with Crippen molar-refractivity contribution in [1.82, 2.24) is 14.9 Å². The Hall–Kier alpha value is -1.44. The van der Waals surface area contributed by atoms with Crippen molar-refractivity contribution in [2.75, 3.05) is 25.4 Å². The summed E-state index contributed by atoms with van der Waals surface area (Å²) in [6, 6.07) is 5.66. The number of nitrogens with zero attached hydrogens (tertiary/aromatic N) is 1. The van der Waals surface area contributed by atoms with Crippen LogP contribution in [0.1, 0.15) is 37.7 Å². The number of amides is 3. The molecule has 1 heterocycles. The first-order valence-electron chi connectivity index (χ1n) is 9.46. The number of nitrogens with one attached hydrogen (secondary N) is 2. The van der Waals surface area contributed by atoms with Crippen LogP contribution in [0.3, 0.4) is 0 Å². The van der Waals surface area contributed by atoms with Crippen LogP contribution in [0.25, 0.3) is 0 Å². The van der Waals surface area contributed by atoms with Gasteiger partial charge >= 0.3 is 6.03 Å². The molecule has 2 aliphatic rings. The zero-order chi connectivity index (χ0) is 19.1. The van der Waals surface area contributed by atoms with E-state index in [1.807, 2.05) is 18.2 Å². The highest BCUT2D eigenvalue weighted by atomic mass is 35.5. The van der Waals surface area contributed by atoms with Crippen LogP contribution in [0.2, 0.25) is 5.02 Å². The fourth-order valence-electron chi connectivity index (χ4n) is 2.78. The second-order valence-corrected chi connectivity index (χ2v) is 8.42. The van der Waals surface area contributed by atoms with Crippen LogP contribution in [-0.4, -0.2) is 42.3 Å². The van der Waals surface area contributed by atoms with E-state index in [9.17, 15) is 9.59 Å². The van der Waals surface area contributed by atoms with Crippen molar-refractivity contribution in [2.24, 2.45) is 5.92 Å². The smallest absolute Gasteiger partial charge is 0.324 e. The fraction of sp³-hybridized carbons (Fsp3) is 0.579. The molecule has 1 aliphatic heterocycles. The van der Waals surface area contributed by atoms with Gasteiger partial charge in [-0.15, -0.1) is 0 Å². The summed E-state index contributed by atoms with van der Waals surface area (Å²) in [6.45, 7) is 2.36. The summed E-state index contributed by atoms with van der Waals surface area (Å²) in [5.41, 5.74) is 1.16. The molecule has 1 aromatic rings. The Morgan fingerprint density at radius 2 is 2.11 bits per heavy atom. The number of halogens is 1. The molecule has 2 N–H and O–H groups in total. The highest BCUT2D eigenvalue weighted by Crippen LogP contribution is 2.32. The highest BCUT2D eigenvalue weighted by molar-refractivity contribution is 7.97. The molecule has 0 atom stereocenters. The van der Waals surface area contributed by atoms with Crippen molar-refractivity contribution < 1.29 is 14.3 Å². The lowest BCUT2D eigenvalue weighted by Crippen LogP contribution is -2.29. The van der Waals surface area contributed by atoms with Crippen LogP contribution >= 0.6 is 23.5 Å². The average molecular weight is 412 g/mol. The van der Waals surface area contributed by atoms with E-state index in [2.05, 4.69) is 10.0 Å². The summed E-state index contributed by atoms with van der Waals surface area (Å²) in [5, 5.41) is 2.96. The highest BCUT2D eigenvalue weighted by Gasteiger charge is 2.25. The van der Waals surface area contributed by atoms with Crippen LogP contribution in [0.5, 0.6) is 5.75 Å². The summed E-state index contributed by atoms with van der Waals surface area (Å²) in [5.74, 6) is 2.28. The van der Waals surface area contributed by atoms with Gasteiger partial charge in [0, 0.05) is 18.8 Å². The number of unbranched alkanes of at least 4 members (excludes halogenated alkanes) is 2. The molecule has 148 valence electrons. The number of ether oxygens (including phenoxy) is 1. The molecule has 2 fully saturated rings. The number of rotatable bonds is 12. The van der Waals surface area contributed by atoms with Crippen LogP contribution in [-0.2, 0) is 11.3 Å². The van der Waals surface area contributed by atoms with Crippen molar-refractivity contribution in [1.29, 1.82) is 0 Å². The number of hydrogen-bond donors (Lipinski definition) is 2. The van der Waals surface area contributed by atoms with Gasteiger partial charge in [0.1, 0.15) is 12.3 Å². The second kappa shape index (κ2) is 10.2. The molecule has 3 rings (SSSR count). The van der Waals surface area contributed by atoms with E-state index < -0.39 is 0 Å². The van der Waals surface area contributed by atoms with E-state index in [1.165, 1.54) is 12.8 Å². The second-order valence-electron chi connectivity index (χ2n) is 7.02. The van der Waals surface area contributed by atoms with Crippen molar-refractivity contribution in [2.45, 2.75) is 38.6 Å². The van der Waals surface area contributed by atoms with E-state index >= 15 is 0 Å². The van der Waals surface area contributed by atoms with E-state index in [1.54, 1.807) is 16.8 Å². The number of urea groups is 1. The van der Waals surface area contributed by atoms with Gasteiger partial charge in [0.05, 0.1) is 11.6 Å². The van der Waals surface area contributed by atoms with Crippen LogP contribution in [0, 0.1) is 5.92 Å². The standard InChI is InChI=1S/C19H26ClN3O3S/c20-16-7-6-15(10-17(16)26-13-14-4-5-14)11-21-27-9-3-1-2-8-23-12-18(24)22-19(23)25/h6-7,10,14,21H,1-5,8-9,11-13H2,(H,22,24,25). The summed E-state index contributed by atoms with van der Waals surface area (Å²) in [7, 11) is 0. The third-order valence-electron chi connectivity index (χ3n) is 4.59. The minimum Gasteiger partial charge on any atom is -0.492 e. The molecule has 27 heavy (non-hydrogen) atoms. The van der Waals surface area contributed by atoms with Gasteiger partial charge in [-0.1, -0.05) is 36.0 Å². The SMILES string of the molecule is O=C1CN(CCCCCSNCc2ccc(Cl)c(OCC3CC3)c2)C(=O)N1. The van der Waals surface area contributed by atoms with Crippen LogP contribution < -0.4 is 14.8 Å². The van der Waals surface area contributed by atoms with Gasteiger partial charge in [0.2, 0.25) is 5.91 Å². The van der Waals surface area contributed by atoms with E-state index in [0.29, 0.717) is 17.5 Å². The molecule has 0 spiro atoms. The largest absolute Gasteiger partial charge is 0.492 e. The Morgan fingerprint density at radius 3 is 2.85 bits per heavy atom. The van der Waals surface area contributed by atoms with Crippen molar-refractivity contribution >= 4 is 35.5 Å². The molecule has 8 heteroatoms. The maximum atomic E-state index is 11.4. The minimum atomic E-state index is -0.264. The first-order chi connectivity index (χ1) is 13.1. The number of benzene rings is 1. The number of carbonyl (C=O) groups is 2. The zero-order valence-electron chi connectivity index (χ0n) is 15.3. The maximum Gasteiger partial charge on any atom is 0.324 e. The van der Waals surface area contributed by atoms with Crippen LogP contribution in [0.4, 0.5) is 4.79 Å². The fourth-order valence-corrected chi connectivity index (χ4v) is 3.72. The first-order valence-corrected chi connectivity index (χ1v) is 10.8. The van der Waals surface area contributed by atoms with Crippen molar-refractivity contribution in [3.63, 3.8) is 0 Å². The lowest BCUT2D eigenvalue weighted by molar-refractivity contribution is -0.118. The van der Waals surface area contributed by atoms with E-state index in [-0.39, 0.29) is 18.5 Å². The molecule has 1 aliphatic carbocycles. The van der Waals surface area contributed by atoms with E-state index in [4.69, 9.17) is 16.3 Å². The molecule has 1 saturated heterocycles. The van der Waals surface area contributed by atoms with Crippen LogP contribution in [0.15, 0.2) is 18.2 Å². The summed E-state index contributed by atoms with van der Waals surface area (Å²) in [4.78, 5) is 24.1. The quantitative estimate of drug-likeness (QED) is 0.312.